The van der Waals surface area contributed by atoms with Gasteiger partial charge in [-0.3, -0.25) is 4.79 Å². The Bertz CT molecular complexity index is 520. The highest BCUT2D eigenvalue weighted by molar-refractivity contribution is 5.83. The van der Waals surface area contributed by atoms with Crippen LogP contribution >= 0.6 is 0 Å². The number of halogens is 2. The summed E-state index contributed by atoms with van der Waals surface area (Å²) in [6.45, 7) is 1.95. The smallest absolute Gasteiger partial charge is 0.326 e. The van der Waals surface area contributed by atoms with Crippen molar-refractivity contribution in [1.29, 1.82) is 0 Å². The van der Waals surface area contributed by atoms with Crippen molar-refractivity contribution in [2.45, 2.75) is 51.5 Å². The molecule has 0 aliphatic rings. The number of amides is 1. The number of unbranched alkanes of at least 4 members (excludes halogenated alkanes) is 1. The van der Waals surface area contributed by atoms with Crippen LogP contribution < -0.4 is 5.32 Å². The Balaban J connectivity index is 2.38. The molecule has 0 aliphatic carbocycles. The van der Waals surface area contributed by atoms with Crippen molar-refractivity contribution in [3.63, 3.8) is 0 Å². The fraction of sp³-hybridized carbons (Fsp3) is 0.500. The minimum Gasteiger partial charge on any atom is -0.480 e. The molecule has 1 aromatic carbocycles. The minimum atomic E-state index is -1.04. The predicted octanol–water partition coefficient (Wildman–Crippen LogP) is 3.05. The standard InChI is InChI=1S/C16H21F2NO3/c1-2-3-6-14(16(21)22)19-15(20)7-4-5-11-8-9-12(17)13(18)10-11/h8-10,14H,2-7H2,1H3,(H,19,20)(H,21,22)/t14-/m0/s1. The molecule has 0 fully saturated rings. The Morgan fingerprint density at radius 3 is 2.55 bits per heavy atom. The summed E-state index contributed by atoms with van der Waals surface area (Å²) in [6.07, 6.45) is 3.01. The highest BCUT2D eigenvalue weighted by Gasteiger charge is 2.18. The molecular weight excluding hydrogens is 292 g/mol. The Kier molecular flexibility index (Phi) is 7.49. The Labute approximate surface area is 128 Å². The molecule has 4 nitrogen and oxygen atoms in total. The number of carboxylic acid groups (broad SMARTS) is 1. The molecule has 1 aromatic rings. The molecule has 0 radical (unpaired) electrons. The van der Waals surface area contributed by atoms with E-state index in [0.717, 1.165) is 25.0 Å². The summed E-state index contributed by atoms with van der Waals surface area (Å²) in [5.74, 6) is -3.19. The van der Waals surface area contributed by atoms with Crippen molar-refractivity contribution >= 4 is 11.9 Å². The average Bonchev–Trinajstić information content (AvgIpc) is 2.47. The molecule has 0 unspecified atom stereocenters. The second-order valence-corrected chi connectivity index (χ2v) is 5.20. The first kappa shape index (κ1) is 18.1. The first-order valence-electron chi connectivity index (χ1n) is 7.40. The van der Waals surface area contributed by atoms with Gasteiger partial charge in [0.2, 0.25) is 5.91 Å². The predicted molar refractivity (Wildman–Crippen MR) is 78.4 cm³/mol. The zero-order chi connectivity index (χ0) is 16.5. The van der Waals surface area contributed by atoms with Crippen molar-refractivity contribution < 1.29 is 23.5 Å². The van der Waals surface area contributed by atoms with E-state index in [9.17, 15) is 18.4 Å². The van der Waals surface area contributed by atoms with E-state index < -0.39 is 23.6 Å². The normalized spacial score (nSPS) is 12.0. The van der Waals surface area contributed by atoms with Crippen LogP contribution in [-0.4, -0.2) is 23.0 Å². The molecule has 0 heterocycles. The van der Waals surface area contributed by atoms with Crippen LogP contribution in [0, 0.1) is 11.6 Å². The van der Waals surface area contributed by atoms with E-state index in [-0.39, 0.29) is 12.3 Å². The first-order chi connectivity index (χ1) is 10.4. The van der Waals surface area contributed by atoms with E-state index in [0.29, 0.717) is 24.8 Å². The van der Waals surface area contributed by atoms with E-state index in [1.807, 2.05) is 6.92 Å². The zero-order valence-electron chi connectivity index (χ0n) is 12.6. The molecule has 122 valence electrons. The Morgan fingerprint density at radius 1 is 1.23 bits per heavy atom. The number of benzene rings is 1. The van der Waals surface area contributed by atoms with Crippen LogP contribution in [0.15, 0.2) is 18.2 Å². The lowest BCUT2D eigenvalue weighted by Crippen LogP contribution is -2.40. The molecule has 0 saturated carbocycles. The maximum Gasteiger partial charge on any atom is 0.326 e. The van der Waals surface area contributed by atoms with Gasteiger partial charge in [0.05, 0.1) is 0 Å². The number of aliphatic carboxylic acids is 1. The third kappa shape index (κ3) is 6.20. The molecular formula is C16H21F2NO3. The van der Waals surface area contributed by atoms with Gasteiger partial charge in [0.15, 0.2) is 11.6 Å². The van der Waals surface area contributed by atoms with Crippen LogP contribution in [0.1, 0.15) is 44.6 Å². The third-order valence-electron chi connectivity index (χ3n) is 3.33. The van der Waals surface area contributed by atoms with Crippen LogP contribution in [-0.2, 0) is 16.0 Å². The van der Waals surface area contributed by atoms with E-state index in [1.165, 1.54) is 6.07 Å². The molecule has 1 rings (SSSR count). The summed E-state index contributed by atoms with van der Waals surface area (Å²) >= 11 is 0. The first-order valence-corrected chi connectivity index (χ1v) is 7.40. The number of carboxylic acids is 1. The fourth-order valence-electron chi connectivity index (χ4n) is 2.08. The van der Waals surface area contributed by atoms with Crippen LogP contribution in [0.25, 0.3) is 0 Å². The van der Waals surface area contributed by atoms with Crippen molar-refractivity contribution in [1.82, 2.24) is 5.32 Å². The molecule has 0 aromatic heterocycles. The summed E-state index contributed by atoms with van der Waals surface area (Å²) in [6, 6.07) is 2.76. The number of carbonyl (C=O) groups is 2. The van der Waals surface area contributed by atoms with Crippen molar-refractivity contribution in [2.24, 2.45) is 0 Å². The number of nitrogens with one attached hydrogen (secondary N) is 1. The Hall–Kier alpha value is -1.98. The lowest BCUT2D eigenvalue weighted by atomic mass is 10.1. The SMILES string of the molecule is CCCC[C@H](NC(=O)CCCc1ccc(F)c(F)c1)C(=O)O. The van der Waals surface area contributed by atoms with Gasteiger partial charge in [-0.15, -0.1) is 0 Å². The fourth-order valence-corrected chi connectivity index (χ4v) is 2.08. The molecule has 1 amide bonds. The minimum absolute atomic E-state index is 0.148. The number of rotatable bonds is 9. The van der Waals surface area contributed by atoms with Crippen LogP contribution in [0.5, 0.6) is 0 Å². The maximum atomic E-state index is 13.0. The van der Waals surface area contributed by atoms with Crippen LogP contribution in [0.3, 0.4) is 0 Å². The highest BCUT2D eigenvalue weighted by Crippen LogP contribution is 2.11. The summed E-state index contributed by atoms with van der Waals surface area (Å²) in [4.78, 5) is 22.7. The summed E-state index contributed by atoms with van der Waals surface area (Å²) < 4.78 is 25.8. The summed E-state index contributed by atoms with van der Waals surface area (Å²) in [7, 11) is 0. The van der Waals surface area contributed by atoms with Crippen molar-refractivity contribution in [2.75, 3.05) is 0 Å². The van der Waals surface area contributed by atoms with Crippen LogP contribution in [0.2, 0.25) is 0 Å². The second kappa shape index (κ2) is 9.12. The maximum absolute atomic E-state index is 13.0. The molecule has 0 bridgehead atoms. The number of hydrogen-bond acceptors (Lipinski definition) is 2. The lowest BCUT2D eigenvalue weighted by molar-refractivity contribution is -0.142. The van der Waals surface area contributed by atoms with Gasteiger partial charge in [0, 0.05) is 6.42 Å². The largest absolute Gasteiger partial charge is 0.480 e. The Morgan fingerprint density at radius 2 is 1.95 bits per heavy atom. The van der Waals surface area contributed by atoms with E-state index in [1.54, 1.807) is 0 Å². The van der Waals surface area contributed by atoms with Gasteiger partial charge in [-0.1, -0.05) is 25.8 Å². The zero-order valence-corrected chi connectivity index (χ0v) is 12.6. The van der Waals surface area contributed by atoms with Gasteiger partial charge in [-0.05, 0) is 37.0 Å². The van der Waals surface area contributed by atoms with E-state index in [4.69, 9.17) is 5.11 Å². The molecule has 0 spiro atoms. The monoisotopic (exact) mass is 313 g/mol. The molecule has 6 heteroatoms. The molecule has 0 saturated heterocycles. The van der Waals surface area contributed by atoms with Gasteiger partial charge in [0.1, 0.15) is 6.04 Å². The van der Waals surface area contributed by atoms with Gasteiger partial charge in [-0.25, -0.2) is 13.6 Å². The van der Waals surface area contributed by atoms with Gasteiger partial charge in [0.25, 0.3) is 0 Å². The number of aryl methyl sites for hydroxylation is 1. The third-order valence-corrected chi connectivity index (χ3v) is 3.33. The number of hydrogen-bond donors (Lipinski definition) is 2. The van der Waals surface area contributed by atoms with E-state index >= 15 is 0 Å². The van der Waals surface area contributed by atoms with Gasteiger partial charge < -0.3 is 10.4 Å². The average molecular weight is 313 g/mol. The number of carbonyl (C=O) groups excluding carboxylic acids is 1. The van der Waals surface area contributed by atoms with E-state index in [2.05, 4.69) is 5.32 Å². The highest BCUT2D eigenvalue weighted by atomic mass is 19.2. The van der Waals surface area contributed by atoms with Crippen LogP contribution in [0.4, 0.5) is 8.78 Å². The van der Waals surface area contributed by atoms with Crippen molar-refractivity contribution in [3.8, 4) is 0 Å². The quantitative estimate of drug-likeness (QED) is 0.736. The summed E-state index contributed by atoms with van der Waals surface area (Å²) in [5, 5.41) is 11.5. The summed E-state index contributed by atoms with van der Waals surface area (Å²) in [5.41, 5.74) is 0.604. The van der Waals surface area contributed by atoms with Gasteiger partial charge in [-0.2, -0.15) is 0 Å². The van der Waals surface area contributed by atoms with Crippen molar-refractivity contribution in [3.05, 3.63) is 35.4 Å². The molecule has 2 N–H and O–H groups in total. The topological polar surface area (TPSA) is 66.4 Å². The lowest BCUT2D eigenvalue weighted by Gasteiger charge is -2.14. The molecule has 0 aliphatic heterocycles. The second-order valence-electron chi connectivity index (χ2n) is 5.20. The molecule has 1 atom stereocenters. The molecule has 22 heavy (non-hydrogen) atoms. The van der Waals surface area contributed by atoms with Gasteiger partial charge >= 0.3 is 5.97 Å².